The standard InChI is InChI=1S/C29H31Cl2N7O/c1-18(2)36-12-10-21(11-13-36)37-14-9-19-15-20(7-8-25(19)37)33-29-32-16-22-27(34-29)35(3)17-38(28(22)39)26-23(30)5-4-6-24(26)31/h4-9,14-16,18,21H,10-13,17H2,1-3H3,(H,32,33,34). The lowest BCUT2D eigenvalue weighted by atomic mass is 10.0. The molecule has 8 nitrogen and oxygen atoms in total. The number of halogens is 2. The van der Waals surface area contributed by atoms with Gasteiger partial charge < -0.3 is 19.7 Å². The number of rotatable bonds is 5. The first-order valence-electron chi connectivity index (χ1n) is 13.3. The van der Waals surface area contributed by atoms with Crippen molar-refractivity contribution in [2.45, 2.75) is 38.8 Å². The minimum Gasteiger partial charge on any atom is -0.344 e. The molecule has 2 aromatic heterocycles. The second-order valence-electron chi connectivity index (χ2n) is 10.6. The summed E-state index contributed by atoms with van der Waals surface area (Å²) in [4.78, 5) is 28.5. The topological polar surface area (TPSA) is 69.5 Å². The summed E-state index contributed by atoms with van der Waals surface area (Å²) in [7, 11) is 1.88. The van der Waals surface area contributed by atoms with Crippen molar-refractivity contribution in [3.05, 3.63) is 70.5 Å². The summed E-state index contributed by atoms with van der Waals surface area (Å²) in [6.45, 7) is 7.08. The summed E-state index contributed by atoms with van der Waals surface area (Å²) in [5.41, 5.74) is 3.00. The molecule has 0 spiro atoms. The normalized spacial score (nSPS) is 16.8. The molecule has 0 atom stereocenters. The number of nitrogens with one attached hydrogen (secondary N) is 1. The molecule has 1 fully saturated rings. The Bertz CT molecular complexity index is 1520. The predicted molar refractivity (Wildman–Crippen MR) is 159 cm³/mol. The van der Waals surface area contributed by atoms with Crippen LogP contribution in [0.5, 0.6) is 0 Å². The number of para-hydroxylation sites is 1. The second-order valence-corrected chi connectivity index (χ2v) is 11.4. The van der Waals surface area contributed by atoms with Gasteiger partial charge in [0.2, 0.25) is 5.95 Å². The minimum atomic E-state index is -0.244. The fourth-order valence-corrected chi connectivity index (χ4v) is 6.25. The van der Waals surface area contributed by atoms with Crippen LogP contribution in [0.4, 0.5) is 23.1 Å². The average Bonchev–Trinajstić information content (AvgIpc) is 3.34. The molecular weight excluding hydrogens is 533 g/mol. The lowest BCUT2D eigenvalue weighted by molar-refractivity contribution is 0.0982. The maximum Gasteiger partial charge on any atom is 0.265 e. The number of anilines is 4. The van der Waals surface area contributed by atoms with Crippen LogP contribution in [-0.4, -0.2) is 58.2 Å². The zero-order chi connectivity index (χ0) is 27.3. The highest BCUT2D eigenvalue weighted by Crippen LogP contribution is 2.38. The number of piperidine rings is 1. The van der Waals surface area contributed by atoms with E-state index in [4.69, 9.17) is 23.2 Å². The van der Waals surface area contributed by atoms with E-state index in [9.17, 15) is 4.79 Å². The maximum atomic E-state index is 13.3. The molecule has 1 N–H and O–H groups in total. The van der Waals surface area contributed by atoms with Crippen LogP contribution in [0, 0.1) is 0 Å². The van der Waals surface area contributed by atoms with Gasteiger partial charge in [0.1, 0.15) is 11.4 Å². The van der Waals surface area contributed by atoms with E-state index in [1.54, 1.807) is 29.3 Å². The Hall–Kier alpha value is -3.33. The largest absolute Gasteiger partial charge is 0.344 e. The zero-order valence-corrected chi connectivity index (χ0v) is 23.7. The van der Waals surface area contributed by atoms with Gasteiger partial charge in [0.05, 0.1) is 22.4 Å². The lowest BCUT2D eigenvalue weighted by Crippen LogP contribution is -2.46. The molecule has 2 aliphatic heterocycles. The van der Waals surface area contributed by atoms with E-state index in [1.807, 2.05) is 11.9 Å². The van der Waals surface area contributed by atoms with Crippen molar-refractivity contribution in [1.82, 2.24) is 19.4 Å². The number of carbonyl (C=O) groups is 1. The number of hydrogen-bond acceptors (Lipinski definition) is 6. The van der Waals surface area contributed by atoms with E-state index in [2.05, 4.69) is 69.1 Å². The Kier molecular flexibility index (Phi) is 6.87. The summed E-state index contributed by atoms with van der Waals surface area (Å²) in [6.07, 6.45) is 6.09. The van der Waals surface area contributed by atoms with E-state index >= 15 is 0 Å². The molecule has 0 aliphatic carbocycles. The van der Waals surface area contributed by atoms with Gasteiger partial charge in [-0.1, -0.05) is 29.3 Å². The van der Waals surface area contributed by atoms with Crippen LogP contribution in [0.2, 0.25) is 10.0 Å². The summed E-state index contributed by atoms with van der Waals surface area (Å²) >= 11 is 12.8. The van der Waals surface area contributed by atoms with Crippen LogP contribution >= 0.6 is 23.2 Å². The number of amides is 1. The van der Waals surface area contributed by atoms with Gasteiger partial charge >= 0.3 is 0 Å². The quantitative estimate of drug-likeness (QED) is 0.295. The molecule has 4 heterocycles. The Labute approximate surface area is 238 Å². The van der Waals surface area contributed by atoms with Crippen molar-refractivity contribution in [2.75, 3.05) is 41.9 Å². The van der Waals surface area contributed by atoms with Crippen LogP contribution in [0.15, 0.2) is 54.9 Å². The Morgan fingerprint density at radius 1 is 1.05 bits per heavy atom. The van der Waals surface area contributed by atoms with Gasteiger partial charge in [-0.3, -0.25) is 9.69 Å². The lowest BCUT2D eigenvalue weighted by Gasteiger charge is -2.35. The Morgan fingerprint density at radius 2 is 1.79 bits per heavy atom. The predicted octanol–water partition coefficient (Wildman–Crippen LogP) is 6.58. The molecule has 10 heteroatoms. The summed E-state index contributed by atoms with van der Waals surface area (Å²) in [6, 6.07) is 14.8. The third-order valence-corrected chi connectivity index (χ3v) is 8.38. The number of hydrogen-bond donors (Lipinski definition) is 1. The highest BCUT2D eigenvalue weighted by atomic mass is 35.5. The molecule has 2 aliphatic rings. The SMILES string of the molecule is CC(C)N1CCC(n2ccc3cc(Nc4ncc5c(n4)N(C)CN(c4c(Cl)cccc4Cl)C5=O)ccc32)CC1. The number of fused-ring (bicyclic) bond motifs is 2. The van der Waals surface area contributed by atoms with Crippen molar-refractivity contribution in [1.29, 1.82) is 0 Å². The van der Waals surface area contributed by atoms with Crippen molar-refractivity contribution in [3.63, 3.8) is 0 Å². The minimum absolute atomic E-state index is 0.244. The Morgan fingerprint density at radius 3 is 2.51 bits per heavy atom. The third-order valence-electron chi connectivity index (χ3n) is 7.77. The van der Waals surface area contributed by atoms with Crippen LogP contribution in [0.3, 0.4) is 0 Å². The fraction of sp³-hybridized carbons (Fsp3) is 0.345. The highest BCUT2D eigenvalue weighted by molar-refractivity contribution is 6.40. The smallest absolute Gasteiger partial charge is 0.265 e. The number of likely N-dealkylation sites (tertiary alicyclic amines) is 1. The van der Waals surface area contributed by atoms with Crippen LogP contribution in [0.25, 0.3) is 10.9 Å². The van der Waals surface area contributed by atoms with E-state index < -0.39 is 0 Å². The van der Waals surface area contributed by atoms with E-state index in [0.29, 0.717) is 45.1 Å². The van der Waals surface area contributed by atoms with Crippen molar-refractivity contribution in [2.24, 2.45) is 0 Å². The second kappa shape index (κ2) is 10.3. The van der Waals surface area contributed by atoms with Gasteiger partial charge in [0.25, 0.3) is 5.91 Å². The van der Waals surface area contributed by atoms with Gasteiger partial charge in [-0.2, -0.15) is 4.98 Å². The van der Waals surface area contributed by atoms with Crippen LogP contribution < -0.4 is 15.1 Å². The number of nitrogens with zero attached hydrogens (tertiary/aromatic N) is 6. The number of benzene rings is 2. The van der Waals surface area contributed by atoms with Gasteiger partial charge in [-0.25, -0.2) is 4.98 Å². The monoisotopic (exact) mass is 563 g/mol. The van der Waals surface area contributed by atoms with E-state index in [0.717, 1.165) is 31.6 Å². The van der Waals surface area contributed by atoms with Gasteiger partial charge in [-0.05, 0) is 63.1 Å². The summed E-state index contributed by atoms with van der Waals surface area (Å²) < 4.78 is 2.42. The van der Waals surface area contributed by atoms with E-state index in [1.165, 1.54) is 10.9 Å². The first-order valence-corrected chi connectivity index (χ1v) is 14.0. The molecule has 0 saturated carbocycles. The molecule has 202 valence electrons. The average molecular weight is 565 g/mol. The van der Waals surface area contributed by atoms with Crippen LogP contribution in [-0.2, 0) is 0 Å². The first kappa shape index (κ1) is 25.9. The first-order chi connectivity index (χ1) is 18.8. The van der Waals surface area contributed by atoms with Crippen LogP contribution in [0.1, 0.15) is 43.1 Å². The van der Waals surface area contributed by atoms with E-state index in [-0.39, 0.29) is 12.6 Å². The Balaban J connectivity index is 1.21. The van der Waals surface area contributed by atoms with Crippen molar-refractivity contribution < 1.29 is 4.79 Å². The molecule has 0 unspecified atom stereocenters. The van der Waals surface area contributed by atoms with Crippen molar-refractivity contribution in [3.8, 4) is 0 Å². The molecule has 4 aromatic rings. The molecule has 1 amide bonds. The number of carbonyl (C=O) groups excluding carboxylic acids is 1. The summed E-state index contributed by atoms with van der Waals surface area (Å²) in [5.74, 6) is 0.737. The molecule has 39 heavy (non-hydrogen) atoms. The molecule has 0 bridgehead atoms. The summed E-state index contributed by atoms with van der Waals surface area (Å²) in [5, 5.41) is 5.32. The molecule has 6 rings (SSSR count). The molecular formula is C29H31Cl2N7O. The molecule has 2 aromatic carbocycles. The van der Waals surface area contributed by atoms with Gasteiger partial charge in [0, 0.05) is 61.2 Å². The van der Waals surface area contributed by atoms with Gasteiger partial charge in [0.15, 0.2) is 0 Å². The van der Waals surface area contributed by atoms with Gasteiger partial charge in [-0.15, -0.1) is 0 Å². The van der Waals surface area contributed by atoms with Crippen molar-refractivity contribution >= 4 is 63.2 Å². The number of aromatic nitrogens is 3. The third kappa shape index (κ3) is 4.81. The molecule has 1 saturated heterocycles. The maximum absolute atomic E-state index is 13.3. The highest BCUT2D eigenvalue weighted by Gasteiger charge is 2.32. The zero-order valence-electron chi connectivity index (χ0n) is 22.2. The molecule has 0 radical (unpaired) electrons. The fourth-order valence-electron chi connectivity index (χ4n) is 5.65.